The number of rotatable bonds is 6. The number of aryl methyl sites for hydroxylation is 1. The molecule has 0 unspecified atom stereocenters. The second-order valence-corrected chi connectivity index (χ2v) is 6.05. The molecular weight excluding hydrogens is 309 g/mol. The number of nitrogens with one attached hydrogen (secondary N) is 1. The first kappa shape index (κ1) is 16.0. The van der Waals surface area contributed by atoms with E-state index in [1.807, 2.05) is 31.2 Å². The van der Waals surface area contributed by atoms with E-state index in [1.165, 1.54) is 0 Å². The van der Waals surface area contributed by atoms with Gasteiger partial charge in [0.05, 0.1) is 11.4 Å². The average molecular weight is 326 g/mol. The molecule has 0 aliphatic carbocycles. The number of thioether (sulfide) groups is 1. The molecule has 0 atom stereocenters. The molecule has 1 aromatic heterocycles. The molecule has 112 valence electrons. The fourth-order valence-corrected chi connectivity index (χ4v) is 2.81. The Balaban J connectivity index is 2.11. The molecular formula is C15H17ClFN3S. The molecule has 0 fully saturated rings. The van der Waals surface area contributed by atoms with E-state index in [4.69, 9.17) is 11.6 Å². The Morgan fingerprint density at radius 1 is 1.33 bits per heavy atom. The number of anilines is 1. The summed E-state index contributed by atoms with van der Waals surface area (Å²) < 4.78 is 13.9. The number of aromatic nitrogens is 2. The summed E-state index contributed by atoms with van der Waals surface area (Å²) in [6.07, 6.45) is 0.912. The summed E-state index contributed by atoms with van der Waals surface area (Å²) in [6, 6.07) is 7.59. The van der Waals surface area contributed by atoms with Gasteiger partial charge in [-0.2, -0.15) is 0 Å². The van der Waals surface area contributed by atoms with E-state index in [2.05, 4.69) is 15.3 Å². The summed E-state index contributed by atoms with van der Waals surface area (Å²) in [4.78, 5) is 9.49. The smallest absolute Gasteiger partial charge is 0.186 e. The van der Waals surface area contributed by atoms with Crippen LogP contribution in [0.4, 0.5) is 10.2 Å². The zero-order valence-corrected chi connectivity index (χ0v) is 13.6. The van der Waals surface area contributed by atoms with Crippen LogP contribution in [0.1, 0.15) is 24.9 Å². The third kappa shape index (κ3) is 4.58. The minimum absolute atomic E-state index is 0.283. The lowest BCUT2D eigenvalue weighted by Crippen LogP contribution is -2.09. The average Bonchev–Trinajstić information content (AvgIpc) is 2.47. The normalized spacial score (nSPS) is 10.7. The van der Waals surface area contributed by atoms with Crippen molar-refractivity contribution >= 4 is 29.2 Å². The Bertz CT molecular complexity index is 622. The highest BCUT2D eigenvalue weighted by Crippen LogP contribution is 2.25. The Morgan fingerprint density at radius 2 is 2.14 bits per heavy atom. The summed E-state index contributed by atoms with van der Waals surface area (Å²) in [5, 5.41) is 3.69. The fraction of sp³-hybridized carbons (Fsp3) is 0.333. The third-order valence-corrected chi connectivity index (χ3v) is 3.99. The second-order valence-electron chi connectivity index (χ2n) is 4.56. The number of benzene rings is 1. The van der Waals surface area contributed by atoms with E-state index in [0.29, 0.717) is 28.8 Å². The predicted molar refractivity (Wildman–Crippen MR) is 86.5 cm³/mol. The van der Waals surface area contributed by atoms with Gasteiger partial charge < -0.3 is 5.32 Å². The maximum Gasteiger partial charge on any atom is 0.186 e. The summed E-state index contributed by atoms with van der Waals surface area (Å²) in [6.45, 7) is 4.37. The highest BCUT2D eigenvalue weighted by Gasteiger charge is 2.11. The van der Waals surface area contributed by atoms with E-state index in [9.17, 15) is 4.39 Å². The van der Waals surface area contributed by atoms with E-state index >= 15 is 0 Å². The molecule has 0 saturated heterocycles. The lowest BCUT2D eigenvalue weighted by Gasteiger charge is -2.09. The van der Waals surface area contributed by atoms with Gasteiger partial charge in [-0.25, -0.2) is 14.4 Å². The van der Waals surface area contributed by atoms with Gasteiger partial charge in [0.25, 0.3) is 0 Å². The van der Waals surface area contributed by atoms with E-state index in [0.717, 1.165) is 11.3 Å². The minimum atomic E-state index is -0.375. The van der Waals surface area contributed by atoms with Crippen LogP contribution >= 0.6 is 23.4 Å². The summed E-state index contributed by atoms with van der Waals surface area (Å²) >= 11 is 7.53. The zero-order chi connectivity index (χ0) is 15.2. The lowest BCUT2D eigenvalue weighted by atomic mass is 10.3. The molecule has 6 heteroatoms. The molecule has 0 aliphatic rings. The van der Waals surface area contributed by atoms with Gasteiger partial charge in [-0.3, -0.25) is 0 Å². The van der Waals surface area contributed by atoms with Gasteiger partial charge in [0.2, 0.25) is 0 Å². The van der Waals surface area contributed by atoms with Crippen LogP contribution in [0.2, 0.25) is 5.02 Å². The van der Waals surface area contributed by atoms with Crippen LogP contribution in [0.25, 0.3) is 0 Å². The highest BCUT2D eigenvalue weighted by molar-refractivity contribution is 7.98. The molecule has 0 saturated carbocycles. The maximum atomic E-state index is 13.9. The van der Waals surface area contributed by atoms with Crippen LogP contribution in [-0.2, 0) is 5.75 Å². The van der Waals surface area contributed by atoms with E-state index in [-0.39, 0.29) is 11.6 Å². The van der Waals surface area contributed by atoms with Crippen LogP contribution in [0.15, 0.2) is 29.2 Å². The van der Waals surface area contributed by atoms with Crippen molar-refractivity contribution in [3.05, 3.63) is 46.6 Å². The highest BCUT2D eigenvalue weighted by atomic mass is 35.5. The zero-order valence-electron chi connectivity index (χ0n) is 12.0. The third-order valence-electron chi connectivity index (χ3n) is 2.77. The summed E-state index contributed by atoms with van der Waals surface area (Å²) in [5.74, 6) is 1.09. The topological polar surface area (TPSA) is 37.8 Å². The van der Waals surface area contributed by atoms with Crippen molar-refractivity contribution in [1.82, 2.24) is 9.97 Å². The Morgan fingerprint density at radius 3 is 2.86 bits per heavy atom. The monoisotopic (exact) mass is 325 g/mol. The van der Waals surface area contributed by atoms with Gasteiger partial charge in [-0.05, 0) is 31.5 Å². The van der Waals surface area contributed by atoms with Crippen molar-refractivity contribution in [2.24, 2.45) is 0 Å². The van der Waals surface area contributed by atoms with Crippen molar-refractivity contribution < 1.29 is 4.39 Å². The first-order chi connectivity index (χ1) is 10.1. The van der Waals surface area contributed by atoms with Crippen LogP contribution < -0.4 is 5.32 Å². The van der Waals surface area contributed by atoms with Crippen molar-refractivity contribution in [1.29, 1.82) is 0 Å². The second kappa shape index (κ2) is 7.61. The molecule has 1 N–H and O–H groups in total. The molecule has 21 heavy (non-hydrogen) atoms. The number of hydrogen-bond donors (Lipinski definition) is 1. The summed E-state index contributed by atoms with van der Waals surface area (Å²) in [7, 11) is 0. The van der Waals surface area contributed by atoms with Crippen molar-refractivity contribution in [3.8, 4) is 0 Å². The van der Waals surface area contributed by atoms with Crippen LogP contribution in [-0.4, -0.2) is 16.5 Å². The number of nitrogens with zero attached hydrogens (tertiary/aromatic N) is 2. The maximum absolute atomic E-state index is 13.9. The fourth-order valence-electron chi connectivity index (χ4n) is 1.75. The van der Waals surface area contributed by atoms with Gasteiger partial charge in [-0.1, -0.05) is 24.6 Å². The predicted octanol–water partition coefficient (Wildman–Crippen LogP) is 4.69. The van der Waals surface area contributed by atoms with Gasteiger partial charge in [0.15, 0.2) is 11.6 Å². The van der Waals surface area contributed by atoms with Crippen molar-refractivity contribution in [2.75, 3.05) is 11.9 Å². The van der Waals surface area contributed by atoms with Gasteiger partial charge in [0, 0.05) is 16.5 Å². The van der Waals surface area contributed by atoms with E-state index < -0.39 is 0 Å². The molecule has 1 aromatic carbocycles. The molecule has 0 aliphatic heterocycles. The SMILES string of the molecule is CCCNc1nc(CSc2cccc(Cl)c2)nc(C)c1F. The largest absolute Gasteiger partial charge is 0.368 e. The van der Waals surface area contributed by atoms with Gasteiger partial charge >= 0.3 is 0 Å². The molecule has 3 nitrogen and oxygen atoms in total. The number of halogens is 2. The minimum Gasteiger partial charge on any atom is -0.368 e. The summed E-state index contributed by atoms with van der Waals surface area (Å²) in [5.41, 5.74) is 0.366. The van der Waals surface area contributed by atoms with Crippen LogP contribution in [0, 0.1) is 12.7 Å². The van der Waals surface area contributed by atoms with E-state index in [1.54, 1.807) is 18.7 Å². The van der Waals surface area contributed by atoms with Crippen molar-refractivity contribution in [2.45, 2.75) is 30.9 Å². The Labute approximate surface area is 133 Å². The molecule has 0 amide bonds. The standard InChI is InChI=1S/C15H17ClFN3S/c1-3-7-18-15-14(17)10(2)19-13(20-15)9-21-12-6-4-5-11(16)8-12/h4-6,8H,3,7,9H2,1-2H3,(H,18,19,20). The van der Waals surface area contributed by atoms with Crippen LogP contribution in [0.5, 0.6) is 0 Å². The van der Waals surface area contributed by atoms with Gasteiger partial charge in [-0.15, -0.1) is 11.8 Å². The van der Waals surface area contributed by atoms with Gasteiger partial charge in [0.1, 0.15) is 5.82 Å². The Kier molecular flexibility index (Phi) is 5.82. The molecule has 2 rings (SSSR count). The molecule has 2 aromatic rings. The van der Waals surface area contributed by atoms with Crippen molar-refractivity contribution in [3.63, 3.8) is 0 Å². The first-order valence-electron chi connectivity index (χ1n) is 6.75. The molecule has 0 radical (unpaired) electrons. The lowest BCUT2D eigenvalue weighted by molar-refractivity contribution is 0.601. The Hall–Kier alpha value is -1.33. The molecule has 1 heterocycles. The number of hydrogen-bond acceptors (Lipinski definition) is 4. The first-order valence-corrected chi connectivity index (χ1v) is 8.11. The molecule has 0 bridgehead atoms. The quantitative estimate of drug-likeness (QED) is 0.782. The van der Waals surface area contributed by atoms with Crippen LogP contribution in [0.3, 0.4) is 0 Å². The molecule has 0 spiro atoms.